The molecule has 0 spiro atoms. The van der Waals surface area contributed by atoms with Crippen LogP contribution < -0.4 is 5.32 Å². The smallest absolute Gasteiger partial charge is 0.0380 e. The molecule has 0 heterocycles. The van der Waals surface area contributed by atoms with Gasteiger partial charge in [0.05, 0.1) is 0 Å². The molecule has 0 aliphatic rings. The van der Waals surface area contributed by atoms with E-state index in [2.05, 4.69) is 57.3 Å². The van der Waals surface area contributed by atoms with Gasteiger partial charge < -0.3 is 5.32 Å². The van der Waals surface area contributed by atoms with Gasteiger partial charge in [0.15, 0.2) is 0 Å². The predicted octanol–water partition coefficient (Wildman–Crippen LogP) is 4.16. The molecule has 17 heavy (non-hydrogen) atoms. The van der Waals surface area contributed by atoms with Crippen molar-refractivity contribution >= 4 is 11.6 Å². The molecule has 1 aromatic carbocycles. The highest BCUT2D eigenvalue weighted by molar-refractivity contribution is 6.18. The molecule has 0 amide bonds. The van der Waals surface area contributed by atoms with E-state index in [1.54, 1.807) is 0 Å². The van der Waals surface area contributed by atoms with Gasteiger partial charge in [-0.25, -0.2) is 0 Å². The maximum absolute atomic E-state index is 5.93. The van der Waals surface area contributed by atoms with Crippen molar-refractivity contribution in [3.63, 3.8) is 0 Å². The highest BCUT2D eigenvalue weighted by atomic mass is 35.5. The zero-order valence-electron chi connectivity index (χ0n) is 11.3. The second-order valence-corrected chi connectivity index (χ2v) is 5.59. The average Bonchev–Trinajstić information content (AvgIpc) is 2.30. The lowest BCUT2D eigenvalue weighted by Gasteiger charge is -2.20. The summed E-state index contributed by atoms with van der Waals surface area (Å²) in [5.41, 5.74) is 2.72. The van der Waals surface area contributed by atoms with Gasteiger partial charge in [-0.15, -0.1) is 11.6 Å². The molecule has 1 N–H and O–H groups in total. The van der Waals surface area contributed by atoms with Crippen molar-refractivity contribution in [1.82, 2.24) is 5.32 Å². The van der Waals surface area contributed by atoms with E-state index in [1.165, 1.54) is 11.1 Å². The first-order valence-corrected chi connectivity index (χ1v) is 6.96. The Kier molecular flexibility index (Phi) is 6.01. The van der Waals surface area contributed by atoms with E-state index in [-0.39, 0.29) is 0 Å². The molecule has 2 heteroatoms. The summed E-state index contributed by atoms with van der Waals surface area (Å²) in [4.78, 5) is 0. The maximum Gasteiger partial charge on any atom is 0.0380 e. The first-order valence-electron chi connectivity index (χ1n) is 6.42. The number of alkyl halides is 1. The fourth-order valence-corrected chi connectivity index (χ4v) is 2.20. The Hall–Kier alpha value is -0.530. The van der Waals surface area contributed by atoms with Gasteiger partial charge >= 0.3 is 0 Å². The van der Waals surface area contributed by atoms with E-state index in [0.29, 0.717) is 23.8 Å². The number of nitrogens with one attached hydrogen (secondary N) is 1. The van der Waals surface area contributed by atoms with E-state index < -0.39 is 0 Å². The van der Waals surface area contributed by atoms with Gasteiger partial charge in [-0.2, -0.15) is 0 Å². The highest BCUT2D eigenvalue weighted by Gasteiger charge is 2.10. The van der Waals surface area contributed by atoms with E-state index in [1.807, 2.05) is 0 Å². The van der Waals surface area contributed by atoms with Crippen LogP contribution in [0, 0.1) is 5.92 Å². The zero-order valence-corrected chi connectivity index (χ0v) is 12.1. The van der Waals surface area contributed by atoms with Crippen molar-refractivity contribution in [3.05, 3.63) is 35.4 Å². The molecular formula is C15H24ClN. The summed E-state index contributed by atoms with van der Waals surface area (Å²) in [6.45, 7) is 9.73. The standard InChI is InChI=1S/C15H24ClN/c1-11(2)14-7-5-13(6-8-14)10-17-15(9-16)12(3)4/h5-8,11-12,15,17H,9-10H2,1-4H3. The van der Waals surface area contributed by atoms with Gasteiger partial charge in [0.1, 0.15) is 0 Å². The number of hydrogen-bond donors (Lipinski definition) is 1. The monoisotopic (exact) mass is 253 g/mol. The average molecular weight is 254 g/mol. The SMILES string of the molecule is CC(C)c1ccc(CNC(CCl)C(C)C)cc1. The number of benzene rings is 1. The molecular weight excluding hydrogens is 230 g/mol. The number of hydrogen-bond acceptors (Lipinski definition) is 1. The Bertz CT molecular complexity index is 316. The van der Waals surface area contributed by atoms with Crippen LogP contribution in [0.4, 0.5) is 0 Å². The molecule has 0 radical (unpaired) electrons. The van der Waals surface area contributed by atoms with E-state index in [4.69, 9.17) is 11.6 Å². The molecule has 1 aromatic rings. The highest BCUT2D eigenvalue weighted by Crippen LogP contribution is 2.15. The van der Waals surface area contributed by atoms with Gasteiger partial charge in [-0.05, 0) is 23.0 Å². The summed E-state index contributed by atoms with van der Waals surface area (Å²) in [7, 11) is 0. The van der Waals surface area contributed by atoms with E-state index >= 15 is 0 Å². The second kappa shape index (κ2) is 7.03. The predicted molar refractivity (Wildman–Crippen MR) is 76.7 cm³/mol. The second-order valence-electron chi connectivity index (χ2n) is 5.28. The van der Waals surface area contributed by atoms with Crippen molar-refractivity contribution in [1.29, 1.82) is 0 Å². The quantitative estimate of drug-likeness (QED) is 0.751. The minimum atomic E-state index is 0.390. The molecule has 96 valence electrons. The molecule has 0 fully saturated rings. The van der Waals surface area contributed by atoms with Gasteiger partial charge in [0, 0.05) is 18.5 Å². The first kappa shape index (κ1) is 14.5. The number of rotatable bonds is 6. The summed E-state index contributed by atoms with van der Waals surface area (Å²) in [5, 5.41) is 3.50. The van der Waals surface area contributed by atoms with Crippen LogP contribution in [0.3, 0.4) is 0 Å². The summed E-state index contributed by atoms with van der Waals surface area (Å²) < 4.78 is 0. The number of halogens is 1. The van der Waals surface area contributed by atoms with Gasteiger partial charge in [0.2, 0.25) is 0 Å². The molecule has 1 unspecified atom stereocenters. The van der Waals surface area contributed by atoms with Crippen molar-refractivity contribution in [2.24, 2.45) is 5.92 Å². The topological polar surface area (TPSA) is 12.0 Å². The van der Waals surface area contributed by atoms with Crippen LogP contribution in [0.15, 0.2) is 24.3 Å². The molecule has 0 saturated carbocycles. The van der Waals surface area contributed by atoms with E-state index in [0.717, 1.165) is 6.54 Å². The summed E-state index contributed by atoms with van der Waals surface area (Å²) in [6, 6.07) is 9.22. The van der Waals surface area contributed by atoms with Crippen LogP contribution in [-0.4, -0.2) is 11.9 Å². The normalized spacial score (nSPS) is 13.4. The molecule has 0 aliphatic heterocycles. The van der Waals surface area contributed by atoms with Crippen LogP contribution in [0.25, 0.3) is 0 Å². The van der Waals surface area contributed by atoms with Crippen LogP contribution in [-0.2, 0) is 6.54 Å². The maximum atomic E-state index is 5.93. The van der Waals surface area contributed by atoms with Crippen molar-refractivity contribution in [2.75, 3.05) is 5.88 Å². The van der Waals surface area contributed by atoms with Crippen LogP contribution >= 0.6 is 11.6 Å². The fraction of sp³-hybridized carbons (Fsp3) is 0.600. The molecule has 1 rings (SSSR count). The third-order valence-corrected chi connectivity index (χ3v) is 3.52. The van der Waals surface area contributed by atoms with Gasteiger partial charge in [-0.3, -0.25) is 0 Å². The summed E-state index contributed by atoms with van der Waals surface area (Å²) in [6.07, 6.45) is 0. The van der Waals surface area contributed by atoms with Crippen LogP contribution in [0.2, 0.25) is 0 Å². The van der Waals surface area contributed by atoms with Crippen molar-refractivity contribution in [2.45, 2.75) is 46.2 Å². The molecule has 0 bridgehead atoms. The Morgan fingerprint density at radius 1 is 1.06 bits per heavy atom. The minimum Gasteiger partial charge on any atom is -0.308 e. The molecule has 0 aliphatic carbocycles. The van der Waals surface area contributed by atoms with E-state index in [9.17, 15) is 0 Å². The Labute approximate surface area is 111 Å². The summed E-state index contributed by atoms with van der Waals surface area (Å²) >= 11 is 5.93. The lowest BCUT2D eigenvalue weighted by atomic mass is 10.0. The zero-order chi connectivity index (χ0) is 12.8. The lowest BCUT2D eigenvalue weighted by molar-refractivity contribution is 0.430. The van der Waals surface area contributed by atoms with Crippen molar-refractivity contribution < 1.29 is 0 Å². The Morgan fingerprint density at radius 3 is 2.06 bits per heavy atom. The lowest BCUT2D eigenvalue weighted by Crippen LogP contribution is -2.34. The van der Waals surface area contributed by atoms with Crippen molar-refractivity contribution in [3.8, 4) is 0 Å². The summed E-state index contributed by atoms with van der Waals surface area (Å²) in [5.74, 6) is 1.84. The Balaban J connectivity index is 2.52. The first-order chi connectivity index (χ1) is 8.04. The Morgan fingerprint density at radius 2 is 1.65 bits per heavy atom. The molecule has 1 nitrogen and oxygen atoms in total. The van der Waals surface area contributed by atoms with Crippen LogP contribution in [0.1, 0.15) is 44.7 Å². The third-order valence-electron chi connectivity index (χ3n) is 3.19. The van der Waals surface area contributed by atoms with Gasteiger partial charge in [0.25, 0.3) is 0 Å². The molecule has 0 saturated heterocycles. The third kappa shape index (κ3) is 4.69. The van der Waals surface area contributed by atoms with Crippen LogP contribution in [0.5, 0.6) is 0 Å². The molecule has 1 atom stereocenters. The fourth-order valence-electron chi connectivity index (χ4n) is 1.74. The van der Waals surface area contributed by atoms with Gasteiger partial charge in [-0.1, -0.05) is 52.0 Å². The molecule has 0 aromatic heterocycles. The largest absolute Gasteiger partial charge is 0.308 e. The minimum absolute atomic E-state index is 0.390.